The molecule has 1 aliphatic rings. The number of ketones is 1. The molecule has 1 N–H and O–H groups in total. The standard InChI is InChI=1S/C21H23FN4O4/c1-14(21(28)23-17-4-6-18(7-5-17)26(29)30)24-9-11-25(12-10-24)20-8-3-16(15(2)27)13-19(20)22/h3-8,13-14H,9-12H2,1-2H3,(H,23,28)/t14-/m1/s1. The van der Waals surface area contributed by atoms with Crippen LogP contribution in [0.2, 0.25) is 0 Å². The second kappa shape index (κ2) is 9.00. The number of nitro groups is 1. The molecule has 0 bridgehead atoms. The molecule has 2 aromatic rings. The predicted octanol–water partition coefficient (Wildman–Crippen LogP) is 3.09. The summed E-state index contributed by atoms with van der Waals surface area (Å²) in [5, 5.41) is 13.5. The molecule has 0 radical (unpaired) electrons. The maximum Gasteiger partial charge on any atom is 0.269 e. The van der Waals surface area contributed by atoms with Crippen molar-refractivity contribution in [1.82, 2.24) is 4.90 Å². The summed E-state index contributed by atoms with van der Waals surface area (Å²) in [6.07, 6.45) is 0. The first kappa shape index (κ1) is 21.4. The van der Waals surface area contributed by atoms with Gasteiger partial charge < -0.3 is 10.2 Å². The molecule has 0 spiro atoms. The Hall–Kier alpha value is -3.33. The van der Waals surface area contributed by atoms with Crippen molar-refractivity contribution in [3.8, 4) is 0 Å². The number of non-ortho nitro benzene ring substituents is 1. The van der Waals surface area contributed by atoms with Crippen LogP contribution < -0.4 is 10.2 Å². The number of benzene rings is 2. The van der Waals surface area contributed by atoms with Crippen LogP contribution in [-0.4, -0.2) is 53.7 Å². The van der Waals surface area contributed by atoms with Crippen LogP contribution in [0.3, 0.4) is 0 Å². The van der Waals surface area contributed by atoms with Crippen molar-refractivity contribution in [3.05, 3.63) is 64.0 Å². The van der Waals surface area contributed by atoms with E-state index in [2.05, 4.69) is 5.32 Å². The molecule has 0 saturated carbocycles. The zero-order chi connectivity index (χ0) is 21.8. The summed E-state index contributed by atoms with van der Waals surface area (Å²) in [6.45, 7) is 5.43. The Morgan fingerprint density at radius 1 is 1.10 bits per heavy atom. The number of hydrogen-bond donors (Lipinski definition) is 1. The summed E-state index contributed by atoms with van der Waals surface area (Å²) in [7, 11) is 0. The van der Waals surface area contributed by atoms with Crippen LogP contribution in [-0.2, 0) is 4.79 Å². The first-order chi connectivity index (χ1) is 14.3. The van der Waals surface area contributed by atoms with Gasteiger partial charge in [-0.2, -0.15) is 0 Å². The molecule has 8 nitrogen and oxygen atoms in total. The van der Waals surface area contributed by atoms with Gasteiger partial charge in [-0.15, -0.1) is 0 Å². The SMILES string of the molecule is CC(=O)c1ccc(N2CCN([C@H](C)C(=O)Nc3ccc([N+](=O)[O-])cc3)CC2)c(F)c1. The number of nitro benzene ring substituents is 1. The lowest BCUT2D eigenvalue weighted by Gasteiger charge is -2.38. The number of nitrogens with zero attached hydrogens (tertiary/aromatic N) is 3. The van der Waals surface area contributed by atoms with Gasteiger partial charge in [0.05, 0.1) is 16.7 Å². The number of Topliss-reactive ketones (excluding diaryl/α,β-unsaturated/α-hetero) is 1. The summed E-state index contributed by atoms with van der Waals surface area (Å²) in [5.41, 5.74) is 1.23. The minimum atomic E-state index is -0.496. The highest BCUT2D eigenvalue weighted by Crippen LogP contribution is 2.23. The van der Waals surface area contributed by atoms with Gasteiger partial charge in [0.2, 0.25) is 5.91 Å². The highest BCUT2D eigenvalue weighted by atomic mass is 19.1. The Balaban J connectivity index is 1.57. The van der Waals surface area contributed by atoms with E-state index >= 15 is 0 Å². The molecule has 1 aliphatic heterocycles. The molecular weight excluding hydrogens is 391 g/mol. The van der Waals surface area contributed by atoms with Crippen LogP contribution in [0.5, 0.6) is 0 Å². The van der Waals surface area contributed by atoms with E-state index in [9.17, 15) is 24.1 Å². The number of anilines is 2. The summed E-state index contributed by atoms with van der Waals surface area (Å²) >= 11 is 0. The third-order valence-electron chi connectivity index (χ3n) is 5.28. The zero-order valence-corrected chi connectivity index (χ0v) is 16.8. The predicted molar refractivity (Wildman–Crippen MR) is 111 cm³/mol. The van der Waals surface area contributed by atoms with Gasteiger partial charge in [-0.25, -0.2) is 4.39 Å². The average molecular weight is 414 g/mol. The lowest BCUT2D eigenvalue weighted by atomic mass is 10.1. The number of hydrogen-bond acceptors (Lipinski definition) is 6. The monoisotopic (exact) mass is 414 g/mol. The first-order valence-corrected chi connectivity index (χ1v) is 9.61. The molecule has 1 saturated heterocycles. The third kappa shape index (κ3) is 4.80. The number of nitrogens with one attached hydrogen (secondary N) is 1. The Labute approximate surface area is 173 Å². The highest BCUT2D eigenvalue weighted by Gasteiger charge is 2.27. The number of halogens is 1. The maximum atomic E-state index is 14.4. The van der Waals surface area contributed by atoms with Gasteiger partial charge in [-0.05, 0) is 44.2 Å². The van der Waals surface area contributed by atoms with Gasteiger partial charge in [0.15, 0.2) is 5.78 Å². The van der Waals surface area contributed by atoms with Crippen LogP contribution in [0.15, 0.2) is 42.5 Å². The Morgan fingerprint density at radius 3 is 2.27 bits per heavy atom. The summed E-state index contributed by atoms with van der Waals surface area (Å²) in [6, 6.07) is 9.75. The Kier molecular flexibility index (Phi) is 6.41. The molecule has 30 heavy (non-hydrogen) atoms. The van der Waals surface area contributed by atoms with Gasteiger partial charge in [-0.3, -0.25) is 24.6 Å². The molecule has 1 amide bonds. The Bertz CT molecular complexity index is 956. The lowest BCUT2D eigenvalue weighted by Crippen LogP contribution is -2.53. The number of rotatable bonds is 6. The van der Waals surface area contributed by atoms with Crippen LogP contribution in [0.1, 0.15) is 24.2 Å². The lowest BCUT2D eigenvalue weighted by molar-refractivity contribution is -0.384. The van der Waals surface area contributed by atoms with E-state index in [-0.39, 0.29) is 17.4 Å². The Morgan fingerprint density at radius 2 is 1.73 bits per heavy atom. The van der Waals surface area contributed by atoms with Crippen molar-refractivity contribution in [2.24, 2.45) is 0 Å². The average Bonchev–Trinajstić information content (AvgIpc) is 2.73. The minimum absolute atomic E-state index is 0.0410. The number of amides is 1. The fourth-order valence-corrected chi connectivity index (χ4v) is 3.41. The third-order valence-corrected chi connectivity index (χ3v) is 5.28. The molecule has 2 aromatic carbocycles. The van der Waals surface area contributed by atoms with E-state index in [1.54, 1.807) is 19.1 Å². The van der Waals surface area contributed by atoms with Crippen molar-refractivity contribution >= 4 is 28.8 Å². The molecule has 1 heterocycles. The summed E-state index contributed by atoms with van der Waals surface area (Å²) < 4.78 is 14.4. The van der Waals surface area contributed by atoms with Crippen molar-refractivity contribution in [2.45, 2.75) is 19.9 Å². The molecule has 1 fully saturated rings. The molecule has 0 unspecified atom stereocenters. The van der Waals surface area contributed by atoms with Crippen LogP contribution in [0.4, 0.5) is 21.5 Å². The number of piperazine rings is 1. The van der Waals surface area contributed by atoms with Crippen LogP contribution in [0, 0.1) is 15.9 Å². The minimum Gasteiger partial charge on any atom is -0.367 e. The number of carbonyl (C=O) groups excluding carboxylic acids is 2. The van der Waals surface area contributed by atoms with Crippen molar-refractivity contribution in [2.75, 3.05) is 36.4 Å². The molecule has 3 rings (SSSR count). The van der Waals surface area contributed by atoms with Gasteiger partial charge in [0, 0.05) is 49.6 Å². The molecule has 0 aliphatic carbocycles. The van der Waals surface area contributed by atoms with E-state index in [0.29, 0.717) is 43.1 Å². The van der Waals surface area contributed by atoms with Gasteiger partial charge in [0.1, 0.15) is 5.82 Å². The normalized spacial score (nSPS) is 15.5. The maximum absolute atomic E-state index is 14.4. The van der Waals surface area contributed by atoms with Gasteiger partial charge >= 0.3 is 0 Å². The fraction of sp³-hybridized carbons (Fsp3) is 0.333. The smallest absolute Gasteiger partial charge is 0.269 e. The largest absolute Gasteiger partial charge is 0.367 e. The van der Waals surface area contributed by atoms with Crippen molar-refractivity contribution in [1.29, 1.82) is 0 Å². The topological polar surface area (TPSA) is 95.8 Å². The molecular formula is C21H23FN4O4. The summed E-state index contributed by atoms with van der Waals surface area (Å²) in [5.74, 6) is -0.826. The van der Waals surface area contributed by atoms with E-state index in [1.807, 2.05) is 9.80 Å². The summed E-state index contributed by atoms with van der Waals surface area (Å²) in [4.78, 5) is 38.1. The van der Waals surface area contributed by atoms with Gasteiger partial charge in [-0.1, -0.05) is 0 Å². The number of carbonyl (C=O) groups is 2. The second-order valence-electron chi connectivity index (χ2n) is 7.21. The quantitative estimate of drug-likeness (QED) is 0.443. The van der Waals surface area contributed by atoms with Crippen molar-refractivity contribution in [3.63, 3.8) is 0 Å². The van der Waals surface area contributed by atoms with E-state index in [1.165, 1.54) is 37.3 Å². The van der Waals surface area contributed by atoms with Crippen LogP contribution >= 0.6 is 0 Å². The highest BCUT2D eigenvalue weighted by molar-refractivity contribution is 5.95. The second-order valence-corrected chi connectivity index (χ2v) is 7.21. The molecule has 0 aromatic heterocycles. The molecule has 9 heteroatoms. The molecule has 1 atom stereocenters. The van der Waals surface area contributed by atoms with E-state index in [4.69, 9.17) is 0 Å². The molecule has 158 valence electrons. The van der Waals surface area contributed by atoms with E-state index in [0.717, 1.165) is 0 Å². The van der Waals surface area contributed by atoms with Gasteiger partial charge in [0.25, 0.3) is 5.69 Å². The van der Waals surface area contributed by atoms with E-state index < -0.39 is 16.8 Å². The van der Waals surface area contributed by atoms with Crippen molar-refractivity contribution < 1.29 is 18.9 Å². The fourth-order valence-electron chi connectivity index (χ4n) is 3.41. The van der Waals surface area contributed by atoms with Crippen LogP contribution in [0.25, 0.3) is 0 Å². The zero-order valence-electron chi connectivity index (χ0n) is 16.8. The first-order valence-electron chi connectivity index (χ1n) is 9.61.